The fraction of sp³-hybridized carbons (Fsp3) is 0.333. The van der Waals surface area contributed by atoms with Gasteiger partial charge in [-0.3, -0.25) is 9.59 Å². The summed E-state index contributed by atoms with van der Waals surface area (Å²) in [6, 6.07) is 7.07. The van der Waals surface area contributed by atoms with E-state index < -0.39 is 23.5 Å². The second-order valence-corrected chi connectivity index (χ2v) is 6.47. The maximum Gasteiger partial charge on any atom is 0.241 e. The Hall–Kier alpha value is -1.50. The van der Waals surface area contributed by atoms with Gasteiger partial charge in [0.2, 0.25) is 11.8 Å². The van der Waals surface area contributed by atoms with Crippen molar-refractivity contribution >= 4 is 33.4 Å². The summed E-state index contributed by atoms with van der Waals surface area (Å²) >= 11 is 3.34. The summed E-state index contributed by atoms with van der Waals surface area (Å²) in [5.74, 6) is -1.73. The van der Waals surface area contributed by atoms with Crippen LogP contribution in [0.15, 0.2) is 40.9 Å². The Kier molecular flexibility index (Phi) is 2.67. The number of hydrogen-bond donors (Lipinski definition) is 1. The van der Waals surface area contributed by atoms with Crippen molar-refractivity contribution in [2.45, 2.75) is 11.7 Å². The Balaban J connectivity index is 1.79. The van der Waals surface area contributed by atoms with Gasteiger partial charge in [0.05, 0.1) is 30.2 Å². The smallest absolute Gasteiger partial charge is 0.241 e. The maximum absolute atomic E-state index is 12.7. The van der Waals surface area contributed by atoms with Crippen LogP contribution in [0.5, 0.6) is 0 Å². The van der Waals surface area contributed by atoms with Crippen molar-refractivity contribution in [3.8, 4) is 0 Å². The molecule has 1 aromatic rings. The first kappa shape index (κ1) is 13.2. The number of fused-ring (bicyclic) bond motifs is 5. The van der Waals surface area contributed by atoms with Crippen molar-refractivity contribution in [2.24, 2.45) is 11.8 Å². The molecule has 2 bridgehead atoms. The molecular weight excluding hydrogens is 338 g/mol. The molecule has 0 radical (unpaired) electrons. The molecule has 3 aliphatic rings. The lowest BCUT2D eigenvalue weighted by Crippen LogP contribution is -2.43. The summed E-state index contributed by atoms with van der Waals surface area (Å²) in [5.41, 5.74) is -0.496. The van der Waals surface area contributed by atoms with Gasteiger partial charge < -0.3 is 9.84 Å². The minimum Gasteiger partial charge on any atom is -0.393 e. The molecule has 1 aromatic carbocycles. The first-order chi connectivity index (χ1) is 10.1. The lowest BCUT2D eigenvalue weighted by Gasteiger charge is -2.26. The third-order valence-corrected chi connectivity index (χ3v) is 4.96. The van der Waals surface area contributed by atoms with E-state index in [4.69, 9.17) is 4.74 Å². The topological polar surface area (TPSA) is 66.8 Å². The van der Waals surface area contributed by atoms with Crippen molar-refractivity contribution in [2.75, 3.05) is 11.5 Å². The first-order valence-corrected chi connectivity index (χ1v) is 7.48. The number of ether oxygens (including phenoxy) is 1. The van der Waals surface area contributed by atoms with E-state index >= 15 is 0 Å². The Morgan fingerprint density at radius 1 is 1.33 bits per heavy atom. The van der Waals surface area contributed by atoms with E-state index in [1.165, 1.54) is 4.90 Å². The zero-order valence-electron chi connectivity index (χ0n) is 10.9. The average Bonchev–Trinajstić information content (AvgIpc) is 3.10. The molecule has 108 valence electrons. The Morgan fingerprint density at radius 3 is 2.86 bits per heavy atom. The van der Waals surface area contributed by atoms with Crippen LogP contribution in [-0.2, 0) is 14.3 Å². The number of carbonyl (C=O) groups is 2. The number of nitrogens with zero attached hydrogens (tertiary/aromatic N) is 1. The van der Waals surface area contributed by atoms with E-state index in [1.807, 2.05) is 6.07 Å². The van der Waals surface area contributed by atoms with E-state index in [-0.39, 0.29) is 18.4 Å². The normalized spacial score (nSPS) is 36.7. The van der Waals surface area contributed by atoms with Crippen LogP contribution in [-0.4, -0.2) is 35.2 Å². The number of carbonyl (C=O) groups excluding carboxylic acids is 2. The molecule has 6 heteroatoms. The van der Waals surface area contributed by atoms with Gasteiger partial charge in [0.25, 0.3) is 0 Å². The number of hydrogen-bond acceptors (Lipinski definition) is 4. The van der Waals surface area contributed by atoms with Crippen molar-refractivity contribution in [1.29, 1.82) is 0 Å². The van der Waals surface area contributed by atoms with E-state index in [2.05, 4.69) is 15.9 Å². The van der Waals surface area contributed by atoms with Crippen molar-refractivity contribution in [3.05, 3.63) is 40.9 Å². The minimum atomic E-state index is -1.04. The van der Waals surface area contributed by atoms with Crippen molar-refractivity contribution in [1.82, 2.24) is 0 Å². The summed E-state index contributed by atoms with van der Waals surface area (Å²) in [6.45, 7) is -0.299. The third-order valence-electron chi connectivity index (χ3n) is 4.47. The predicted molar refractivity (Wildman–Crippen MR) is 77.4 cm³/mol. The fourth-order valence-electron chi connectivity index (χ4n) is 3.55. The molecule has 2 fully saturated rings. The molecular formula is C15H12BrNO4. The van der Waals surface area contributed by atoms with Gasteiger partial charge in [-0.1, -0.05) is 34.1 Å². The number of imide groups is 1. The number of aliphatic hydroxyl groups excluding tert-OH is 1. The molecule has 0 spiro atoms. The third kappa shape index (κ3) is 1.58. The molecule has 5 nitrogen and oxygen atoms in total. The lowest BCUT2D eigenvalue weighted by molar-refractivity contribution is -0.128. The van der Waals surface area contributed by atoms with Crippen molar-refractivity contribution in [3.63, 3.8) is 0 Å². The number of halogens is 1. The fourth-order valence-corrected chi connectivity index (χ4v) is 3.94. The van der Waals surface area contributed by atoms with E-state index in [1.54, 1.807) is 30.4 Å². The molecule has 0 unspecified atom stereocenters. The highest BCUT2D eigenvalue weighted by Gasteiger charge is 2.67. The van der Waals surface area contributed by atoms with Gasteiger partial charge in [0.15, 0.2) is 0 Å². The van der Waals surface area contributed by atoms with Crippen LogP contribution >= 0.6 is 15.9 Å². The number of amides is 2. The van der Waals surface area contributed by atoms with E-state index in [0.717, 1.165) is 4.47 Å². The van der Waals surface area contributed by atoms with Crippen LogP contribution in [0.1, 0.15) is 0 Å². The van der Waals surface area contributed by atoms with Gasteiger partial charge in [-0.15, -0.1) is 0 Å². The molecule has 1 N–H and O–H groups in total. The van der Waals surface area contributed by atoms with E-state index in [0.29, 0.717) is 5.69 Å². The number of anilines is 1. The van der Waals surface area contributed by atoms with Gasteiger partial charge >= 0.3 is 0 Å². The predicted octanol–water partition coefficient (Wildman–Crippen LogP) is 1.25. The van der Waals surface area contributed by atoms with Gasteiger partial charge in [0, 0.05) is 4.47 Å². The minimum absolute atomic E-state index is 0.257. The maximum atomic E-state index is 12.7. The molecule has 4 rings (SSSR count). The SMILES string of the molecule is O=C1[C@@H]2[C@@H](C(=O)N1c1cccc(Br)c1)[C@@]1(CO)C=C[C@H]2O1. The molecule has 2 saturated heterocycles. The standard InChI is InChI=1S/C15H12BrNO4/c16-8-2-1-3-9(6-8)17-13(19)11-10-4-5-15(7-18,21-10)12(11)14(17)20/h1-6,10-12,18H,7H2/t10-,11+,12+,15+/m1/s1. The highest BCUT2D eigenvalue weighted by Crippen LogP contribution is 2.52. The molecule has 2 amide bonds. The molecule has 0 saturated carbocycles. The second-order valence-electron chi connectivity index (χ2n) is 5.55. The summed E-state index contributed by atoms with van der Waals surface area (Å²) in [4.78, 5) is 26.6. The molecule has 0 aromatic heterocycles. The number of benzene rings is 1. The zero-order chi connectivity index (χ0) is 14.8. The monoisotopic (exact) mass is 349 g/mol. The van der Waals surface area contributed by atoms with Gasteiger partial charge in [0.1, 0.15) is 5.60 Å². The summed E-state index contributed by atoms with van der Waals surface area (Å²) in [5, 5.41) is 9.63. The Morgan fingerprint density at radius 2 is 2.14 bits per heavy atom. The van der Waals surface area contributed by atoms with Crippen LogP contribution in [0.2, 0.25) is 0 Å². The quantitative estimate of drug-likeness (QED) is 0.644. The van der Waals surface area contributed by atoms with Crippen LogP contribution in [0, 0.1) is 11.8 Å². The highest BCUT2D eigenvalue weighted by molar-refractivity contribution is 9.10. The first-order valence-electron chi connectivity index (χ1n) is 6.69. The lowest BCUT2D eigenvalue weighted by atomic mass is 9.77. The van der Waals surface area contributed by atoms with Gasteiger partial charge in [-0.25, -0.2) is 4.90 Å². The van der Waals surface area contributed by atoms with Gasteiger partial charge in [-0.2, -0.15) is 0 Å². The molecule has 3 aliphatic heterocycles. The van der Waals surface area contributed by atoms with Gasteiger partial charge in [-0.05, 0) is 18.2 Å². The van der Waals surface area contributed by atoms with Crippen LogP contribution in [0.25, 0.3) is 0 Å². The van der Waals surface area contributed by atoms with E-state index in [9.17, 15) is 14.7 Å². The largest absolute Gasteiger partial charge is 0.393 e. The number of rotatable bonds is 2. The van der Waals surface area contributed by atoms with Crippen LogP contribution < -0.4 is 4.90 Å². The van der Waals surface area contributed by atoms with Crippen molar-refractivity contribution < 1.29 is 19.4 Å². The molecule has 3 heterocycles. The highest BCUT2D eigenvalue weighted by atomic mass is 79.9. The molecule has 4 atom stereocenters. The number of aliphatic hydroxyl groups is 1. The van der Waals surface area contributed by atoms with Crippen LogP contribution in [0.4, 0.5) is 5.69 Å². The molecule has 21 heavy (non-hydrogen) atoms. The summed E-state index contributed by atoms with van der Waals surface area (Å²) in [7, 11) is 0. The summed E-state index contributed by atoms with van der Waals surface area (Å²) in [6.07, 6.45) is 3.07. The zero-order valence-corrected chi connectivity index (χ0v) is 12.5. The Labute approximate surface area is 129 Å². The average molecular weight is 350 g/mol. The second kappa shape index (κ2) is 4.25. The summed E-state index contributed by atoms with van der Waals surface area (Å²) < 4.78 is 6.48. The Bertz CT molecular complexity index is 688. The molecule has 0 aliphatic carbocycles. The van der Waals surface area contributed by atoms with Crippen LogP contribution in [0.3, 0.4) is 0 Å².